The molecule has 110 valence electrons. The Kier molecular flexibility index (Phi) is 6.51. The summed E-state index contributed by atoms with van der Waals surface area (Å²) in [7, 11) is 0. The molecule has 0 saturated carbocycles. The van der Waals surface area contributed by atoms with Gasteiger partial charge in [0, 0.05) is 36.6 Å². The quantitative estimate of drug-likeness (QED) is 0.797. The largest absolute Gasteiger partial charge is 0.395 e. The van der Waals surface area contributed by atoms with Crippen molar-refractivity contribution < 1.29 is 5.11 Å². The summed E-state index contributed by atoms with van der Waals surface area (Å²) in [5.41, 5.74) is 6.56. The third-order valence-corrected chi connectivity index (χ3v) is 4.44. The summed E-state index contributed by atoms with van der Waals surface area (Å²) < 4.78 is 0. The molecule has 3 N–H and O–H groups in total. The summed E-state index contributed by atoms with van der Waals surface area (Å²) in [6, 6.07) is 2.08. The molecular weight excluding hydrogens is 270 g/mol. The maximum absolute atomic E-state index is 9.02. The van der Waals surface area contributed by atoms with Gasteiger partial charge in [-0.2, -0.15) is 0 Å². The highest BCUT2D eigenvalue weighted by molar-refractivity contribution is 7.10. The molecule has 0 amide bonds. The molecule has 20 heavy (non-hydrogen) atoms. The minimum Gasteiger partial charge on any atom is -0.395 e. The van der Waals surface area contributed by atoms with Crippen LogP contribution < -0.4 is 5.73 Å². The lowest BCUT2D eigenvalue weighted by molar-refractivity contribution is 0.196. The molecule has 5 heteroatoms. The highest BCUT2D eigenvalue weighted by atomic mass is 32.1. The van der Waals surface area contributed by atoms with Crippen molar-refractivity contribution in [2.75, 3.05) is 45.9 Å². The first kappa shape index (κ1) is 15.5. The third-order valence-electron chi connectivity index (χ3n) is 3.54. The average molecular weight is 293 g/mol. The van der Waals surface area contributed by atoms with Crippen LogP contribution in [0, 0.1) is 11.8 Å². The van der Waals surface area contributed by atoms with E-state index in [2.05, 4.69) is 33.1 Å². The van der Waals surface area contributed by atoms with Crippen molar-refractivity contribution in [1.29, 1.82) is 0 Å². The zero-order valence-corrected chi connectivity index (χ0v) is 12.7. The average Bonchev–Trinajstić information content (AvgIpc) is 2.77. The van der Waals surface area contributed by atoms with E-state index in [0.29, 0.717) is 6.54 Å². The lowest BCUT2D eigenvalue weighted by Crippen LogP contribution is -2.32. The molecule has 1 aliphatic heterocycles. The van der Waals surface area contributed by atoms with Crippen molar-refractivity contribution in [1.82, 2.24) is 9.80 Å². The monoisotopic (exact) mass is 293 g/mol. The second kappa shape index (κ2) is 8.40. The molecule has 1 aliphatic rings. The maximum Gasteiger partial charge on any atom is 0.0558 e. The first-order chi connectivity index (χ1) is 9.83. The summed E-state index contributed by atoms with van der Waals surface area (Å²) in [5.74, 6) is 6.09. The van der Waals surface area contributed by atoms with Crippen LogP contribution in [0.3, 0.4) is 0 Å². The molecule has 0 unspecified atom stereocenters. The van der Waals surface area contributed by atoms with Gasteiger partial charge in [-0.3, -0.25) is 9.80 Å². The van der Waals surface area contributed by atoms with Crippen LogP contribution in [0.1, 0.15) is 16.9 Å². The van der Waals surface area contributed by atoms with Crippen molar-refractivity contribution in [2.24, 2.45) is 5.73 Å². The van der Waals surface area contributed by atoms with Crippen molar-refractivity contribution in [2.45, 2.75) is 13.0 Å². The number of hydrogen-bond acceptors (Lipinski definition) is 5. The van der Waals surface area contributed by atoms with Gasteiger partial charge in [0.15, 0.2) is 0 Å². The van der Waals surface area contributed by atoms with Gasteiger partial charge in [0.1, 0.15) is 0 Å². The molecular formula is C15H23N3OS. The van der Waals surface area contributed by atoms with Crippen LogP contribution in [0.15, 0.2) is 11.4 Å². The first-order valence-electron chi connectivity index (χ1n) is 7.14. The van der Waals surface area contributed by atoms with Crippen LogP contribution >= 0.6 is 11.3 Å². The van der Waals surface area contributed by atoms with E-state index in [1.807, 2.05) is 0 Å². The number of nitrogens with two attached hydrogens (primary N) is 1. The van der Waals surface area contributed by atoms with E-state index in [-0.39, 0.29) is 6.61 Å². The summed E-state index contributed by atoms with van der Waals surface area (Å²) >= 11 is 1.77. The first-order valence-corrected chi connectivity index (χ1v) is 8.02. The molecule has 0 spiro atoms. The number of nitrogens with zero attached hydrogens (tertiary/aromatic N) is 2. The second-order valence-electron chi connectivity index (χ2n) is 4.96. The fourth-order valence-corrected chi connectivity index (χ4v) is 3.34. The molecule has 0 atom stereocenters. The van der Waals surface area contributed by atoms with Gasteiger partial charge < -0.3 is 10.8 Å². The van der Waals surface area contributed by atoms with Crippen molar-refractivity contribution in [3.05, 3.63) is 21.9 Å². The summed E-state index contributed by atoms with van der Waals surface area (Å²) in [4.78, 5) is 6.15. The fourth-order valence-electron chi connectivity index (χ4n) is 2.47. The lowest BCUT2D eigenvalue weighted by atomic mass is 10.2. The minimum absolute atomic E-state index is 0.254. The predicted molar refractivity (Wildman–Crippen MR) is 83.7 cm³/mol. The van der Waals surface area contributed by atoms with Gasteiger partial charge in [-0.1, -0.05) is 11.8 Å². The van der Waals surface area contributed by atoms with E-state index in [4.69, 9.17) is 10.8 Å². The van der Waals surface area contributed by atoms with E-state index in [1.165, 1.54) is 4.88 Å². The fraction of sp³-hybridized carbons (Fsp3) is 0.600. The topological polar surface area (TPSA) is 52.7 Å². The highest BCUT2D eigenvalue weighted by Crippen LogP contribution is 2.19. The molecule has 2 heterocycles. The van der Waals surface area contributed by atoms with Crippen molar-refractivity contribution >= 4 is 11.3 Å². The molecule has 0 bridgehead atoms. The Morgan fingerprint density at radius 1 is 1.25 bits per heavy atom. The summed E-state index contributed by atoms with van der Waals surface area (Å²) in [5, 5.41) is 11.1. The number of hydrogen-bond donors (Lipinski definition) is 2. The van der Waals surface area contributed by atoms with Gasteiger partial charge in [-0.15, -0.1) is 11.3 Å². The Hall–Kier alpha value is -0.900. The number of β-amino-alcohol motifs (C(OH)–C–C–N with tert-alkyl or cyclic N) is 1. The summed E-state index contributed by atoms with van der Waals surface area (Å²) in [6.07, 6.45) is 1.16. The normalized spacial score (nSPS) is 17.5. The summed E-state index contributed by atoms with van der Waals surface area (Å²) in [6.45, 7) is 6.72. The van der Waals surface area contributed by atoms with Crippen molar-refractivity contribution in [3.63, 3.8) is 0 Å². The van der Waals surface area contributed by atoms with Crippen LogP contribution in [-0.4, -0.2) is 60.8 Å². The van der Waals surface area contributed by atoms with Crippen LogP contribution in [-0.2, 0) is 6.54 Å². The van der Waals surface area contributed by atoms with E-state index in [1.54, 1.807) is 11.3 Å². The Balaban J connectivity index is 1.91. The van der Waals surface area contributed by atoms with E-state index < -0.39 is 0 Å². The minimum atomic E-state index is 0.254. The highest BCUT2D eigenvalue weighted by Gasteiger charge is 2.15. The Labute approximate surface area is 125 Å². The predicted octanol–water partition coefficient (Wildman–Crippen LogP) is 0.558. The van der Waals surface area contributed by atoms with Crippen molar-refractivity contribution in [3.8, 4) is 11.8 Å². The molecule has 1 aromatic heterocycles. The van der Waals surface area contributed by atoms with Gasteiger partial charge in [0.2, 0.25) is 0 Å². The molecule has 1 saturated heterocycles. The second-order valence-corrected chi connectivity index (χ2v) is 5.96. The van der Waals surface area contributed by atoms with Gasteiger partial charge in [0.05, 0.1) is 13.2 Å². The molecule has 0 aromatic carbocycles. The SMILES string of the molecule is NCC#Cc1ccsc1CN1CCCN(CCO)CC1. The number of thiophene rings is 1. The number of aliphatic hydroxyl groups excluding tert-OH is 1. The van der Waals surface area contributed by atoms with Gasteiger partial charge >= 0.3 is 0 Å². The molecule has 1 aromatic rings. The Morgan fingerprint density at radius 3 is 2.85 bits per heavy atom. The van der Waals surface area contributed by atoms with Gasteiger partial charge in [-0.05, 0) is 31.0 Å². The Bertz CT molecular complexity index is 463. The molecule has 1 fully saturated rings. The molecule has 2 rings (SSSR count). The van der Waals surface area contributed by atoms with Crippen LogP contribution in [0.25, 0.3) is 0 Å². The smallest absolute Gasteiger partial charge is 0.0558 e. The van der Waals surface area contributed by atoms with Gasteiger partial charge in [0.25, 0.3) is 0 Å². The molecule has 0 radical (unpaired) electrons. The standard InChI is InChI=1S/C15H23N3OS/c16-5-1-3-14-4-12-20-15(14)13-18-7-2-6-17(8-9-18)10-11-19/h4,12,19H,2,5-11,13,16H2. The van der Waals surface area contributed by atoms with E-state index >= 15 is 0 Å². The van der Waals surface area contributed by atoms with Crippen LogP contribution in [0.4, 0.5) is 0 Å². The number of rotatable bonds is 4. The Morgan fingerprint density at radius 2 is 2.05 bits per heavy atom. The van der Waals surface area contributed by atoms with Crippen LogP contribution in [0.2, 0.25) is 0 Å². The lowest BCUT2D eigenvalue weighted by Gasteiger charge is -2.20. The molecule has 0 aliphatic carbocycles. The zero-order chi connectivity index (χ0) is 14.2. The zero-order valence-electron chi connectivity index (χ0n) is 11.8. The molecule has 4 nitrogen and oxygen atoms in total. The third kappa shape index (κ3) is 4.58. The van der Waals surface area contributed by atoms with E-state index in [9.17, 15) is 0 Å². The van der Waals surface area contributed by atoms with Gasteiger partial charge in [-0.25, -0.2) is 0 Å². The van der Waals surface area contributed by atoms with E-state index in [0.717, 1.165) is 51.3 Å². The number of aliphatic hydroxyl groups is 1. The van der Waals surface area contributed by atoms with Crippen LogP contribution in [0.5, 0.6) is 0 Å². The maximum atomic E-state index is 9.02.